The molecule has 9 heteroatoms. The van der Waals surface area contributed by atoms with E-state index in [4.69, 9.17) is 21.3 Å². The van der Waals surface area contributed by atoms with Gasteiger partial charge in [-0.05, 0) is 30.7 Å². The molecule has 2 heterocycles. The highest BCUT2D eigenvalue weighted by molar-refractivity contribution is 7.99. The molecule has 0 aliphatic carbocycles. The molecule has 4 aromatic rings. The number of hydrogen-bond acceptors (Lipinski definition) is 6. The van der Waals surface area contributed by atoms with E-state index >= 15 is 0 Å². The number of nitrogens with zero attached hydrogens (tertiary/aromatic N) is 2. The Hall–Kier alpha value is -2.81. The van der Waals surface area contributed by atoms with Crippen LogP contribution in [0.25, 0.3) is 21.3 Å². The van der Waals surface area contributed by atoms with Crippen LogP contribution < -0.4 is 15.6 Å². The predicted octanol–water partition coefficient (Wildman–Crippen LogP) is 5.54. The number of thiophene rings is 1. The number of halogens is 1. The number of aromatic nitrogens is 2. The highest BCUT2D eigenvalue weighted by atomic mass is 35.5. The summed E-state index contributed by atoms with van der Waals surface area (Å²) in [6.45, 7) is 2.36. The van der Waals surface area contributed by atoms with Gasteiger partial charge in [0.15, 0.2) is 5.16 Å². The standard InChI is InChI=1S/C23H20ClN3O3S2/c1-3-27-22(29)21-20(16(12-31-21)14-7-5-4-6-8-14)26-23(27)32-13-19(28)25-17-11-15(24)9-10-18(17)30-2/h4-12H,3,13H2,1-2H3,(H,25,28). The molecule has 4 rings (SSSR count). The van der Waals surface area contributed by atoms with Gasteiger partial charge in [-0.1, -0.05) is 53.7 Å². The van der Waals surface area contributed by atoms with E-state index < -0.39 is 0 Å². The Morgan fingerprint density at radius 1 is 1.25 bits per heavy atom. The lowest BCUT2D eigenvalue weighted by atomic mass is 10.1. The summed E-state index contributed by atoms with van der Waals surface area (Å²) in [5.74, 6) is 0.350. The molecule has 6 nitrogen and oxygen atoms in total. The fraction of sp³-hybridized carbons (Fsp3) is 0.174. The summed E-state index contributed by atoms with van der Waals surface area (Å²) < 4.78 is 7.49. The van der Waals surface area contributed by atoms with Crippen molar-refractivity contribution in [1.82, 2.24) is 9.55 Å². The first-order valence-corrected chi connectivity index (χ1v) is 12.1. The van der Waals surface area contributed by atoms with Crippen molar-refractivity contribution < 1.29 is 9.53 Å². The molecule has 0 unspecified atom stereocenters. The summed E-state index contributed by atoms with van der Waals surface area (Å²) in [5.41, 5.74) is 2.98. The largest absolute Gasteiger partial charge is 0.495 e. The number of carbonyl (C=O) groups excluding carboxylic acids is 1. The lowest BCUT2D eigenvalue weighted by Crippen LogP contribution is -2.23. The topological polar surface area (TPSA) is 73.2 Å². The highest BCUT2D eigenvalue weighted by Crippen LogP contribution is 2.32. The minimum absolute atomic E-state index is 0.0818. The molecule has 0 saturated heterocycles. The Bertz CT molecular complexity index is 1340. The number of hydrogen-bond donors (Lipinski definition) is 1. The Labute approximate surface area is 198 Å². The summed E-state index contributed by atoms with van der Waals surface area (Å²) in [6.07, 6.45) is 0. The van der Waals surface area contributed by atoms with Crippen LogP contribution in [0.1, 0.15) is 6.92 Å². The number of amides is 1. The van der Waals surface area contributed by atoms with Crippen LogP contribution in [0.5, 0.6) is 5.75 Å². The number of fused-ring (bicyclic) bond motifs is 1. The van der Waals surface area contributed by atoms with Crippen LogP contribution >= 0.6 is 34.7 Å². The average molecular weight is 486 g/mol. The second kappa shape index (κ2) is 9.77. The molecule has 0 atom stereocenters. The molecule has 164 valence electrons. The maximum atomic E-state index is 13.1. The predicted molar refractivity (Wildman–Crippen MR) is 132 cm³/mol. The van der Waals surface area contributed by atoms with E-state index in [0.717, 1.165) is 11.1 Å². The number of methoxy groups -OCH3 is 1. The zero-order valence-corrected chi connectivity index (χ0v) is 19.8. The van der Waals surface area contributed by atoms with E-state index in [1.165, 1.54) is 30.2 Å². The highest BCUT2D eigenvalue weighted by Gasteiger charge is 2.17. The van der Waals surface area contributed by atoms with Gasteiger partial charge in [0.1, 0.15) is 10.4 Å². The number of ether oxygens (including phenoxy) is 1. The zero-order valence-electron chi connectivity index (χ0n) is 17.4. The van der Waals surface area contributed by atoms with Gasteiger partial charge in [-0.15, -0.1) is 11.3 Å². The first-order valence-electron chi connectivity index (χ1n) is 9.85. The molecule has 0 bridgehead atoms. The molecule has 0 aliphatic rings. The van der Waals surface area contributed by atoms with Crippen LogP contribution in [-0.4, -0.2) is 28.3 Å². The lowest BCUT2D eigenvalue weighted by Gasteiger charge is -2.12. The van der Waals surface area contributed by atoms with Crippen LogP contribution in [-0.2, 0) is 11.3 Å². The van der Waals surface area contributed by atoms with Crippen molar-refractivity contribution in [2.24, 2.45) is 0 Å². The van der Waals surface area contributed by atoms with Crippen molar-refractivity contribution in [2.45, 2.75) is 18.6 Å². The first kappa shape index (κ1) is 22.4. The molecule has 2 aromatic heterocycles. The monoisotopic (exact) mass is 485 g/mol. The lowest BCUT2D eigenvalue weighted by molar-refractivity contribution is -0.113. The number of rotatable bonds is 7. The molecule has 0 spiro atoms. The van der Waals surface area contributed by atoms with E-state index in [1.807, 2.05) is 42.6 Å². The van der Waals surface area contributed by atoms with Crippen molar-refractivity contribution in [1.29, 1.82) is 0 Å². The van der Waals surface area contributed by atoms with Crippen molar-refractivity contribution in [3.05, 3.63) is 69.3 Å². The van der Waals surface area contributed by atoms with Crippen LogP contribution in [0.4, 0.5) is 5.69 Å². The summed E-state index contributed by atoms with van der Waals surface area (Å²) in [7, 11) is 1.53. The van der Waals surface area contributed by atoms with Gasteiger partial charge >= 0.3 is 0 Å². The fourth-order valence-corrected chi connectivity index (χ4v) is 5.28. The minimum Gasteiger partial charge on any atom is -0.495 e. The third kappa shape index (κ3) is 4.53. The number of carbonyl (C=O) groups is 1. The SMILES string of the molecule is CCn1c(SCC(=O)Nc2cc(Cl)ccc2OC)nc2c(-c3ccccc3)csc2c1=O. The summed E-state index contributed by atoms with van der Waals surface area (Å²) in [4.78, 5) is 30.5. The quantitative estimate of drug-likeness (QED) is 0.275. The second-order valence-corrected chi connectivity index (χ2v) is 9.08. The maximum Gasteiger partial charge on any atom is 0.272 e. The van der Waals surface area contributed by atoms with Gasteiger partial charge in [-0.2, -0.15) is 0 Å². The minimum atomic E-state index is -0.249. The zero-order chi connectivity index (χ0) is 22.7. The van der Waals surface area contributed by atoms with E-state index in [9.17, 15) is 9.59 Å². The number of nitrogens with one attached hydrogen (secondary N) is 1. The summed E-state index contributed by atoms with van der Waals surface area (Å²) >= 11 is 8.66. The van der Waals surface area contributed by atoms with Gasteiger partial charge in [0.25, 0.3) is 5.56 Å². The Kier molecular flexibility index (Phi) is 6.83. The van der Waals surface area contributed by atoms with E-state index in [-0.39, 0.29) is 17.2 Å². The number of benzene rings is 2. The molecule has 32 heavy (non-hydrogen) atoms. The second-order valence-electron chi connectivity index (χ2n) is 6.82. The molecule has 2 aromatic carbocycles. The van der Waals surface area contributed by atoms with E-state index in [0.29, 0.717) is 38.4 Å². The van der Waals surface area contributed by atoms with Crippen LogP contribution in [0.2, 0.25) is 5.02 Å². The third-order valence-electron chi connectivity index (χ3n) is 4.81. The van der Waals surface area contributed by atoms with Gasteiger partial charge in [-0.3, -0.25) is 14.2 Å². The average Bonchev–Trinajstić information content (AvgIpc) is 3.23. The van der Waals surface area contributed by atoms with Gasteiger partial charge in [0, 0.05) is 22.5 Å². The smallest absolute Gasteiger partial charge is 0.272 e. The van der Waals surface area contributed by atoms with Crippen LogP contribution in [0, 0.1) is 0 Å². The van der Waals surface area contributed by atoms with Gasteiger partial charge in [0.05, 0.1) is 24.1 Å². The van der Waals surface area contributed by atoms with E-state index in [2.05, 4.69) is 5.32 Å². The van der Waals surface area contributed by atoms with Crippen molar-refractivity contribution in [3.63, 3.8) is 0 Å². The maximum absolute atomic E-state index is 13.1. The van der Waals surface area contributed by atoms with Gasteiger partial charge in [-0.25, -0.2) is 4.98 Å². The van der Waals surface area contributed by atoms with Crippen molar-refractivity contribution in [3.8, 4) is 16.9 Å². The number of thioether (sulfide) groups is 1. The van der Waals surface area contributed by atoms with Crippen LogP contribution in [0.3, 0.4) is 0 Å². The van der Waals surface area contributed by atoms with Crippen molar-refractivity contribution in [2.75, 3.05) is 18.2 Å². The van der Waals surface area contributed by atoms with Crippen LogP contribution in [0.15, 0.2) is 63.9 Å². The molecule has 0 fully saturated rings. The Morgan fingerprint density at radius 2 is 2.03 bits per heavy atom. The molecule has 1 N–H and O–H groups in total. The summed E-state index contributed by atoms with van der Waals surface area (Å²) in [5, 5.41) is 5.77. The number of anilines is 1. The Balaban J connectivity index is 1.62. The summed E-state index contributed by atoms with van der Waals surface area (Å²) in [6, 6.07) is 14.9. The Morgan fingerprint density at radius 3 is 2.75 bits per heavy atom. The molecule has 1 amide bonds. The van der Waals surface area contributed by atoms with E-state index in [1.54, 1.807) is 22.8 Å². The molecule has 0 aliphatic heterocycles. The molecule has 0 saturated carbocycles. The van der Waals surface area contributed by atoms with Gasteiger partial charge in [0.2, 0.25) is 5.91 Å². The molecular formula is C23H20ClN3O3S2. The third-order valence-corrected chi connectivity index (χ3v) is 6.98. The fourth-order valence-electron chi connectivity index (χ4n) is 3.29. The van der Waals surface area contributed by atoms with Gasteiger partial charge < -0.3 is 10.1 Å². The normalized spacial score (nSPS) is 11.0. The molecular weight excluding hydrogens is 466 g/mol. The van der Waals surface area contributed by atoms with Crippen molar-refractivity contribution >= 4 is 56.5 Å². The molecule has 0 radical (unpaired) electrons. The first-order chi connectivity index (χ1) is 15.5.